The van der Waals surface area contributed by atoms with Crippen LogP contribution in [0.2, 0.25) is 0 Å². The van der Waals surface area contributed by atoms with Crippen LogP contribution in [-0.2, 0) is 10.2 Å². The van der Waals surface area contributed by atoms with Crippen LogP contribution in [0.5, 0.6) is 0 Å². The fourth-order valence-corrected chi connectivity index (χ4v) is 1.63. The first kappa shape index (κ1) is 10.0. The Morgan fingerprint density at radius 1 is 1.53 bits per heavy atom. The fraction of sp³-hybridized carbons (Fsp3) is 0.400. The summed E-state index contributed by atoms with van der Waals surface area (Å²) >= 11 is 0. The number of carboxylic acids is 1. The molecule has 0 radical (unpaired) electrons. The number of hydrogen-bond acceptors (Lipinski definition) is 2. The van der Waals surface area contributed by atoms with Crippen LogP contribution in [0, 0.1) is 6.92 Å². The second-order valence-electron chi connectivity index (χ2n) is 3.81. The molecule has 3 nitrogen and oxygen atoms in total. The molecule has 0 aliphatic heterocycles. The zero-order valence-electron chi connectivity index (χ0n) is 8.00. The Labute approximate surface area is 84.8 Å². The molecule has 0 amide bonds. The molecule has 1 unspecified atom stereocenters. The number of carbonyl (C=O) groups is 1. The molecule has 1 aliphatic carbocycles. The second kappa shape index (κ2) is 2.74. The lowest BCUT2D eigenvalue weighted by molar-refractivity contribution is -0.143. The summed E-state index contributed by atoms with van der Waals surface area (Å²) in [5.41, 5.74) is -1.35. The zero-order valence-corrected chi connectivity index (χ0v) is 8.00. The minimum absolute atomic E-state index is 0.0643. The monoisotopic (exact) mass is 213 g/mol. The highest BCUT2D eigenvalue weighted by molar-refractivity contribution is 5.87. The Morgan fingerprint density at radius 2 is 2.13 bits per heavy atom. The van der Waals surface area contributed by atoms with E-state index in [4.69, 9.17) is 5.11 Å². The van der Waals surface area contributed by atoms with Gasteiger partial charge < -0.3 is 5.11 Å². The summed E-state index contributed by atoms with van der Waals surface area (Å²) in [5, 5.41) is 8.84. The number of rotatable bonds is 2. The Kier molecular flexibility index (Phi) is 1.83. The quantitative estimate of drug-likeness (QED) is 0.814. The Hall–Kier alpha value is -1.52. The van der Waals surface area contributed by atoms with Crippen molar-refractivity contribution in [2.45, 2.75) is 24.7 Å². The van der Waals surface area contributed by atoms with Crippen molar-refractivity contribution in [2.75, 3.05) is 0 Å². The van der Waals surface area contributed by atoms with E-state index in [0.29, 0.717) is 0 Å². The highest BCUT2D eigenvalue weighted by Gasteiger charge is 2.78. The van der Waals surface area contributed by atoms with Crippen molar-refractivity contribution in [1.82, 2.24) is 4.98 Å². The molecule has 1 heterocycles. The predicted octanol–water partition coefficient (Wildman–Crippen LogP) is 1.75. The van der Waals surface area contributed by atoms with Crippen molar-refractivity contribution in [2.24, 2.45) is 0 Å². The summed E-state index contributed by atoms with van der Waals surface area (Å²) < 4.78 is 26.1. The molecule has 0 aromatic carbocycles. The zero-order chi connectivity index (χ0) is 11.3. The molecule has 15 heavy (non-hydrogen) atoms. The lowest BCUT2D eigenvalue weighted by Gasteiger charge is -2.10. The number of nitrogens with zero attached hydrogens (tertiary/aromatic N) is 1. The Morgan fingerprint density at radius 3 is 2.47 bits per heavy atom. The van der Waals surface area contributed by atoms with E-state index in [1.807, 2.05) is 0 Å². The fourth-order valence-electron chi connectivity index (χ4n) is 1.63. The topological polar surface area (TPSA) is 50.2 Å². The van der Waals surface area contributed by atoms with Crippen molar-refractivity contribution in [3.63, 3.8) is 0 Å². The first-order valence-corrected chi connectivity index (χ1v) is 4.44. The molecule has 1 aliphatic rings. The van der Waals surface area contributed by atoms with Crippen molar-refractivity contribution in [1.29, 1.82) is 0 Å². The average Bonchev–Trinajstić information content (AvgIpc) is 2.72. The summed E-state index contributed by atoms with van der Waals surface area (Å²) in [4.78, 5) is 14.6. The van der Waals surface area contributed by atoms with Crippen molar-refractivity contribution < 1.29 is 18.7 Å². The van der Waals surface area contributed by atoms with Gasteiger partial charge in [0, 0.05) is 12.6 Å². The number of pyridine rings is 1. The molecule has 80 valence electrons. The number of carboxylic acid groups (broad SMARTS) is 1. The summed E-state index contributed by atoms with van der Waals surface area (Å²) in [6.07, 6.45) is 0.736. The molecule has 1 N–H and O–H groups in total. The van der Waals surface area contributed by atoms with Crippen molar-refractivity contribution in [3.05, 3.63) is 29.6 Å². The lowest BCUT2D eigenvalue weighted by atomic mass is 10.0. The van der Waals surface area contributed by atoms with Gasteiger partial charge in [-0.25, -0.2) is 8.78 Å². The van der Waals surface area contributed by atoms with E-state index in [0.717, 1.165) is 5.56 Å². The van der Waals surface area contributed by atoms with E-state index in [-0.39, 0.29) is 5.69 Å². The highest BCUT2D eigenvalue weighted by Crippen LogP contribution is 2.61. The Bertz CT molecular complexity index is 416. The second-order valence-corrected chi connectivity index (χ2v) is 3.81. The number of halogens is 2. The van der Waals surface area contributed by atoms with Gasteiger partial charge in [0.1, 0.15) is 0 Å². The minimum atomic E-state index is -3.18. The van der Waals surface area contributed by atoms with E-state index in [2.05, 4.69) is 4.98 Å². The Balaban J connectivity index is 2.45. The van der Waals surface area contributed by atoms with E-state index < -0.39 is 23.7 Å². The minimum Gasteiger partial charge on any atom is -0.480 e. The molecule has 0 spiro atoms. The molecule has 1 saturated carbocycles. The SMILES string of the molecule is Cc1ccc(C2(C(=O)O)CC2(F)F)nc1. The van der Waals surface area contributed by atoms with Crippen LogP contribution in [0.1, 0.15) is 17.7 Å². The molecule has 2 rings (SSSR count). The third kappa shape index (κ3) is 1.22. The van der Waals surface area contributed by atoms with Crippen LogP contribution >= 0.6 is 0 Å². The van der Waals surface area contributed by atoms with Gasteiger partial charge in [0.25, 0.3) is 5.92 Å². The van der Waals surface area contributed by atoms with E-state index in [1.54, 1.807) is 13.0 Å². The molecule has 1 atom stereocenters. The third-order valence-corrected chi connectivity index (χ3v) is 2.70. The summed E-state index contributed by atoms with van der Waals surface area (Å²) in [6.45, 7) is 1.76. The molecule has 0 saturated heterocycles. The van der Waals surface area contributed by atoms with Gasteiger partial charge in [-0.3, -0.25) is 9.78 Å². The maximum Gasteiger partial charge on any atom is 0.322 e. The number of hydrogen-bond donors (Lipinski definition) is 1. The first-order chi connectivity index (χ1) is 6.90. The molecule has 5 heteroatoms. The van der Waals surface area contributed by atoms with Crippen LogP contribution in [0.4, 0.5) is 8.78 Å². The summed E-state index contributed by atoms with van der Waals surface area (Å²) in [7, 11) is 0. The van der Waals surface area contributed by atoms with Gasteiger partial charge in [0.05, 0.1) is 5.69 Å². The van der Waals surface area contributed by atoms with Gasteiger partial charge in [0.2, 0.25) is 0 Å². The van der Waals surface area contributed by atoms with Crippen molar-refractivity contribution >= 4 is 5.97 Å². The number of aliphatic carboxylic acids is 1. The molecule has 1 aromatic heterocycles. The van der Waals surface area contributed by atoms with Gasteiger partial charge in [-0.05, 0) is 18.6 Å². The number of alkyl halides is 2. The highest BCUT2D eigenvalue weighted by atomic mass is 19.3. The summed E-state index contributed by atoms with van der Waals surface area (Å²) in [5.74, 6) is -4.69. The van der Waals surface area contributed by atoms with Crippen LogP contribution in [0.15, 0.2) is 18.3 Å². The smallest absolute Gasteiger partial charge is 0.322 e. The summed E-state index contributed by atoms with van der Waals surface area (Å²) in [6, 6.07) is 2.94. The van der Waals surface area contributed by atoms with Gasteiger partial charge in [-0.15, -0.1) is 0 Å². The molecular formula is C10H9F2NO2. The molecular weight excluding hydrogens is 204 g/mol. The van der Waals surface area contributed by atoms with E-state index in [1.165, 1.54) is 12.3 Å². The maximum atomic E-state index is 13.1. The van der Waals surface area contributed by atoms with Crippen LogP contribution in [0.25, 0.3) is 0 Å². The third-order valence-electron chi connectivity index (χ3n) is 2.70. The largest absolute Gasteiger partial charge is 0.480 e. The molecule has 1 fully saturated rings. The standard InChI is InChI=1S/C10H9F2NO2/c1-6-2-3-7(13-4-6)9(8(14)15)5-10(9,11)12/h2-4H,5H2,1H3,(H,14,15). The lowest BCUT2D eigenvalue weighted by Crippen LogP contribution is -2.28. The number of aromatic nitrogens is 1. The van der Waals surface area contributed by atoms with Gasteiger partial charge in [-0.1, -0.05) is 6.07 Å². The number of aryl methyl sites for hydroxylation is 1. The maximum absolute atomic E-state index is 13.1. The van der Waals surface area contributed by atoms with E-state index >= 15 is 0 Å². The van der Waals surface area contributed by atoms with E-state index in [9.17, 15) is 13.6 Å². The average molecular weight is 213 g/mol. The first-order valence-electron chi connectivity index (χ1n) is 4.44. The predicted molar refractivity (Wildman–Crippen MR) is 47.9 cm³/mol. The van der Waals surface area contributed by atoms with Crippen LogP contribution in [-0.4, -0.2) is 22.0 Å². The molecule has 0 bridgehead atoms. The van der Waals surface area contributed by atoms with Crippen LogP contribution in [0.3, 0.4) is 0 Å². The van der Waals surface area contributed by atoms with Crippen molar-refractivity contribution in [3.8, 4) is 0 Å². The molecule has 1 aromatic rings. The van der Waals surface area contributed by atoms with Gasteiger partial charge >= 0.3 is 5.97 Å². The normalized spacial score (nSPS) is 27.4. The van der Waals surface area contributed by atoms with Gasteiger partial charge in [0.15, 0.2) is 5.41 Å². The van der Waals surface area contributed by atoms with Crippen LogP contribution < -0.4 is 0 Å². The van der Waals surface area contributed by atoms with Gasteiger partial charge in [-0.2, -0.15) is 0 Å².